The summed E-state index contributed by atoms with van der Waals surface area (Å²) in [6.45, 7) is 1.60. The van der Waals surface area contributed by atoms with Gasteiger partial charge in [0.15, 0.2) is 0 Å². The zero-order chi connectivity index (χ0) is 14.7. The number of aliphatic carboxylic acids is 1. The van der Waals surface area contributed by atoms with E-state index in [4.69, 9.17) is 5.11 Å². The normalized spacial score (nSPS) is 11.4. The first-order valence-corrected chi connectivity index (χ1v) is 5.95. The molecular formula is C16H12F2O2. The molecule has 0 fully saturated rings. The van der Waals surface area contributed by atoms with Crippen molar-refractivity contribution in [1.29, 1.82) is 0 Å². The number of halogens is 2. The standard InChI is InChI=1S/C16H12F2O2/c1-10(8-16(19)20)11-6-7-15(18)13(9-11)12-4-2-3-5-14(12)17/h2-9H,1H3,(H,19,20)/b10-8+. The largest absolute Gasteiger partial charge is 0.478 e. The number of rotatable bonds is 3. The lowest BCUT2D eigenvalue weighted by molar-refractivity contribution is -0.131. The summed E-state index contributed by atoms with van der Waals surface area (Å²) >= 11 is 0. The maximum Gasteiger partial charge on any atom is 0.328 e. The minimum atomic E-state index is -1.08. The third kappa shape index (κ3) is 2.91. The molecule has 1 N–H and O–H groups in total. The summed E-state index contributed by atoms with van der Waals surface area (Å²) in [5.74, 6) is -2.16. The van der Waals surface area contributed by atoms with Gasteiger partial charge in [-0.05, 0) is 36.3 Å². The smallest absolute Gasteiger partial charge is 0.328 e. The summed E-state index contributed by atoms with van der Waals surface area (Å²) in [6.07, 6.45) is 1.03. The van der Waals surface area contributed by atoms with Crippen molar-refractivity contribution in [2.24, 2.45) is 0 Å². The predicted octanol–water partition coefficient (Wildman–Crippen LogP) is 4.12. The van der Waals surface area contributed by atoms with Crippen molar-refractivity contribution >= 4 is 11.5 Å². The van der Waals surface area contributed by atoms with Gasteiger partial charge in [-0.3, -0.25) is 0 Å². The number of hydrogen-bond donors (Lipinski definition) is 1. The van der Waals surface area contributed by atoms with Crippen LogP contribution in [0.4, 0.5) is 8.78 Å². The van der Waals surface area contributed by atoms with Crippen LogP contribution in [0.5, 0.6) is 0 Å². The van der Waals surface area contributed by atoms with Crippen LogP contribution in [0.25, 0.3) is 16.7 Å². The third-order valence-corrected chi connectivity index (χ3v) is 2.93. The van der Waals surface area contributed by atoms with Crippen molar-refractivity contribution in [3.8, 4) is 11.1 Å². The zero-order valence-electron chi connectivity index (χ0n) is 10.7. The second-order valence-electron chi connectivity index (χ2n) is 4.34. The van der Waals surface area contributed by atoms with Crippen LogP contribution >= 0.6 is 0 Å². The lowest BCUT2D eigenvalue weighted by atomic mass is 9.98. The molecule has 20 heavy (non-hydrogen) atoms. The summed E-state index contributed by atoms with van der Waals surface area (Å²) < 4.78 is 27.6. The van der Waals surface area contributed by atoms with Gasteiger partial charge in [0.2, 0.25) is 0 Å². The number of carbonyl (C=O) groups is 1. The molecule has 2 nitrogen and oxygen atoms in total. The van der Waals surface area contributed by atoms with Crippen LogP contribution in [-0.4, -0.2) is 11.1 Å². The van der Waals surface area contributed by atoms with Crippen LogP contribution in [0.1, 0.15) is 12.5 Å². The molecule has 0 spiro atoms. The van der Waals surface area contributed by atoms with Crippen LogP contribution in [0.3, 0.4) is 0 Å². The lowest BCUT2D eigenvalue weighted by Crippen LogP contribution is -1.93. The number of benzene rings is 2. The van der Waals surface area contributed by atoms with Crippen molar-refractivity contribution in [2.75, 3.05) is 0 Å². The first-order valence-electron chi connectivity index (χ1n) is 5.95. The van der Waals surface area contributed by atoms with E-state index < -0.39 is 17.6 Å². The van der Waals surface area contributed by atoms with Crippen LogP contribution in [0.2, 0.25) is 0 Å². The van der Waals surface area contributed by atoms with E-state index in [1.54, 1.807) is 13.0 Å². The highest BCUT2D eigenvalue weighted by Crippen LogP contribution is 2.28. The van der Waals surface area contributed by atoms with E-state index in [0.29, 0.717) is 11.1 Å². The van der Waals surface area contributed by atoms with E-state index in [0.717, 1.165) is 6.08 Å². The molecule has 2 aromatic carbocycles. The average Bonchev–Trinajstić information content (AvgIpc) is 2.39. The maximum absolute atomic E-state index is 13.9. The molecule has 0 aliphatic rings. The zero-order valence-corrected chi connectivity index (χ0v) is 10.7. The Morgan fingerprint density at radius 3 is 2.35 bits per heavy atom. The molecule has 0 heterocycles. The van der Waals surface area contributed by atoms with E-state index in [1.807, 2.05) is 0 Å². The number of carboxylic acids is 1. The van der Waals surface area contributed by atoms with Crippen molar-refractivity contribution in [1.82, 2.24) is 0 Å². The van der Waals surface area contributed by atoms with Gasteiger partial charge in [-0.15, -0.1) is 0 Å². The molecule has 0 unspecified atom stereocenters. The molecule has 0 aliphatic heterocycles. The quantitative estimate of drug-likeness (QED) is 0.855. The first-order chi connectivity index (χ1) is 9.49. The first kappa shape index (κ1) is 13.9. The number of allylic oxidation sites excluding steroid dienone is 1. The second-order valence-corrected chi connectivity index (χ2v) is 4.34. The lowest BCUT2D eigenvalue weighted by Gasteiger charge is -2.08. The Balaban J connectivity index is 2.56. The predicted molar refractivity (Wildman–Crippen MR) is 73.1 cm³/mol. The molecule has 0 aromatic heterocycles. The summed E-state index contributed by atoms with van der Waals surface area (Å²) in [7, 11) is 0. The number of carboxylic acid groups (broad SMARTS) is 1. The monoisotopic (exact) mass is 274 g/mol. The molecule has 0 atom stereocenters. The van der Waals surface area contributed by atoms with Crippen molar-refractivity contribution in [3.05, 3.63) is 65.7 Å². The SMILES string of the molecule is C/C(=C\C(=O)O)c1ccc(F)c(-c2ccccc2F)c1. The molecular weight excluding hydrogens is 262 g/mol. The van der Waals surface area contributed by atoms with Gasteiger partial charge < -0.3 is 5.11 Å². The molecule has 2 aromatic rings. The Morgan fingerprint density at radius 2 is 1.70 bits per heavy atom. The Labute approximate surface area is 115 Å². The molecule has 102 valence electrons. The van der Waals surface area contributed by atoms with Gasteiger partial charge in [0.25, 0.3) is 0 Å². The second kappa shape index (κ2) is 5.65. The summed E-state index contributed by atoms with van der Waals surface area (Å²) in [5.41, 5.74) is 1.26. The summed E-state index contributed by atoms with van der Waals surface area (Å²) in [4.78, 5) is 10.6. The van der Waals surface area contributed by atoms with E-state index in [-0.39, 0.29) is 11.1 Å². The molecule has 0 bridgehead atoms. The van der Waals surface area contributed by atoms with Gasteiger partial charge >= 0.3 is 5.97 Å². The molecule has 0 saturated heterocycles. The van der Waals surface area contributed by atoms with Gasteiger partial charge in [0.05, 0.1) is 0 Å². The molecule has 4 heteroatoms. The van der Waals surface area contributed by atoms with Crippen LogP contribution in [0.15, 0.2) is 48.5 Å². The summed E-state index contributed by atoms with van der Waals surface area (Å²) in [6, 6.07) is 9.99. The molecule has 0 aliphatic carbocycles. The van der Waals surface area contributed by atoms with Gasteiger partial charge in [0, 0.05) is 17.2 Å². The highest BCUT2D eigenvalue weighted by Gasteiger charge is 2.11. The van der Waals surface area contributed by atoms with E-state index in [2.05, 4.69) is 0 Å². The van der Waals surface area contributed by atoms with Gasteiger partial charge in [0.1, 0.15) is 11.6 Å². The maximum atomic E-state index is 13.9. The Bertz CT molecular complexity index is 691. The van der Waals surface area contributed by atoms with Crippen molar-refractivity contribution in [2.45, 2.75) is 6.92 Å². The Hall–Kier alpha value is -2.49. The minimum Gasteiger partial charge on any atom is -0.478 e. The van der Waals surface area contributed by atoms with E-state index in [9.17, 15) is 13.6 Å². The molecule has 0 radical (unpaired) electrons. The summed E-state index contributed by atoms with van der Waals surface area (Å²) in [5, 5.41) is 8.72. The van der Waals surface area contributed by atoms with Gasteiger partial charge in [-0.2, -0.15) is 0 Å². The Kier molecular flexibility index (Phi) is 3.94. The average molecular weight is 274 g/mol. The fraction of sp³-hybridized carbons (Fsp3) is 0.0625. The van der Waals surface area contributed by atoms with Crippen molar-refractivity contribution < 1.29 is 18.7 Å². The third-order valence-electron chi connectivity index (χ3n) is 2.93. The highest BCUT2D eigenvalue weighted by molar-refractivity contribution is 5.90. The number of hydrogen-bond acceptors (Lipinski definition) is 1. The van der Waals surface area contributed by atoms with Gasteiger partial charge in [-0.25, -0.2) is 13.6 Å². The van der Waals surface area contributed by atoms with E-state index >= 15 is 0 Å². The van der Waals surface area contributed by atoms with Gasteiger partial charge in [-0.1, -0.05) is 24.3 Å². The fourth-order valence-electron chi connectivity index (χ4n) is 1.93. The minimum absolute atomic E-state index is 0.110. The topological polar surface area (TPSA) is 37.3 Å². The van der Waals surface area contributed by atoms with Crippen LogP contribution in [-0.2, 0) is 4.79 Å². The Morgan fingerprint density at radius 1 is 1.05 bits per heavy atom. The van der Waals surface area contributed by atoms with Crippen LogP contribution in [0, 0.1) is 11.6 Å². The van der Waals surface area contributed by atoms with Crippen molar-refractivity contribution in [3.63, 3.8) is 0 Å². The van der Waals surface area contributed by atoms with Crippen LogP contribution < -0.4 is 0 Å². The molecule has 0 saturated carbocycles. The fourth-order valence-corrected chi connectivity index (χ4v) is 1.93. The van der Waals surface area contributed by atoms with E-state index in [1.165, 1.54) is 36.4 Å². The molecule has 2 rings (SSSR count). The molecule has 0 amide bonds. The highest BCUT2D eigenvalue weighted by atomic mass is 19.1.